The number of fused-ring (bicyclic) bond motifs is 1. The lowest BCUT2D eigenvalue weighted by Crippen LogP contribution is -2.48. The van der Waals surface area contributed by atoms with Crippen LogP contribution in [0.5, 0.6) is 0 Å². The van der Waals surface area contributed by atoms with Crippen LogP contribution in [0.2, 0.25) is 0 Å². The first-order valence-corrected chi connectivity index (χ1v) is 11.8. The van der Waals surface area contributed by atoms with E-state index in [1.807, 2.05) is 27.1 Å². The summed E-state index contributed by atoms with van der Waals surface area (Å²) in [6, 6.07) is 3.53. The maximum atomic E-state index is 12.6. The maximum Gasteiger partial charge on any atom is 0.258 e. The fourth-order valence-corrected chi connectivity index (χ4v) is 4.96. The highest BCUT2D eigenvalue weighted by molar-refractivity contribution is 7.15. The zero-order valence-electron chi connectivity index (χ0n) is 16.6. The summed E-state index contributed by atoms with van der Waals surface area (Å²) in [7, 11) is 0. The van der Waals surface area contributed by atoms with Gasteiger partial charge in [0.05, 0.1) is 5.69 Å². The molecule has 0 spiro atoms. The van der Waals surface area contributed by atoms with Crippen LogP contribution >= 0.6 is 22.7 Å². The van der Waals surface area contributed by atoms with Crippen LogP contribution in [0.25, 0.3) is 16.3 Å². The van der Waals surface area contributed by atoms with Crippen molar-refractivity contribution in [2.75, 3.05) is 26.2 Å². The Bertz CT molecular complexity index is 1240. The van der Waals surface area contributed by atoms with Gasteiger partial charge in [0.25, 0.3) is 5.56 Å². The number of aryl methyl sites for hydroxylation is 1. The molecule has 0 bridgehead atoms. The van der Waals surface area contributed by atoms with E-state index in [1.165, 1.54) is 11.3 Å². The number of piperazine rings is 1. The van der Waals surface area contributed by atoms with Crippen molar-refractivity contribution in [1.29, 1.82) is 0 Å². The van der Waals surface area contributed by atoms with Gasteiger partial charge in [-0.1, -0.05) is 5.16 Å². The minimum absolute atomic E-state index is 0.0572. The molecule has 31 heavy (non-hydrogen) atoms. The van der Waals surface area contributed by atoms with E-state index in [2.05, 4.69) is 20.0 Å². The molecule has 0 unspecified atom stereocenters. The van der Waals surface area contributed by atoms with Crippen LogP contribution in [0.4, 0.5) is 0 Å². The molecule has 9 nitrogen and oxygen atoms in total. The Kier molecular flexibility index (Phi) is 5.62. The molecule has 0 atom stereocenters. The largest absolute Gasteiger partial charge is 0.340 e. The molecule has 1 aliphatic rings. The van der Waals surface area contributed by atoms with Gasteiger partial charge in [0, 0.05) is 74.2 Å². The Morgan fingerprint density at radius 2 is 2.03 bits per heavy atom. The van der Waals surface area contributed by atoms with Crippen LogP contribution < -0.4 is 5.56 Å². The molecule has 1 aliphatic heterocycles. The Labute approximate surface area is 185 Å². The standard InChI is InChI=1S/C20H20N6O3S2/c27-17(2-1-16-22-19(23-29-16)14-3-9-30-13-14)25-6-4-24(5-7-25)12-15-11-18(28)26-8-10-31-20(26)21-15/h3,8-11,13H,1-2,4-7,12H2. The second-order valence-electron chi connectivity index (χ2n) is 7.32. The summed E-state index contributed by atoms with van der Waals surface area (Å²) in [5.41, 5.74) is 1.64. The number of nitrogens with zero attached hydrogens (tertiary/aromatic N) is 6. The van der Waals surface area contributed by atoms with Crippen molar-refractivity contribution in [2.45, 2.75) is 19.4 Å². The summed E-state index contributed by atoms with van der Waals surface area (Å²) in [5, 5.41) is 9.76. The topological polar surface area (TPSA) is 96.8 Å². The normalized spacial score (nSPS) is 15.0. The summed E-state index contributed by atoms with van der Waals surface area (Å²) in [6.45, 7) is 3.42. The van der Waals surface area contributed by atoms with Crippen molar-refractivity contribution < 1.29 is 9.32 Å². The number of thiazole rings is 1. The Hall–Kier alpha value is -2.89. The molecule has 0 aliphatic carbocycles. The molecule has 160 valence electrons. The number of hydrogen-bond donors (Lipinski definition) is 0. The Morgan fingerprint density at radius 3 is 2.84 bits per heavy atom. The van der Waals surface area contributed by atoms with Crippen LogP contribution in [0.15, 0.2) is 43.8 Å². The third kappa shape index (κ3) is 4.43. The monoisotopic (exact) mass is 456 g/mol. The van der Waals surface area contributed by atoms with Crippen LogP contribution in [0, 0.1) is 0 Å². The number of carbonyl (C=O) groups is 1. The van der Waals surface area contributed by atoms with E-state index in [0.29, 0.717) is 49.2 Å². The molecular formula is C20H20N6O3S2. The SMILES string of the molecule is O=C(CCc1nc(-c2ccsc2)no1)N1CCN(Cc2cc(=O)n3ccsc3n2)CC1. The highest BCUT2D eigenvalue weighted by Crippen LogP contribution is 2.19. The van der Waals surface area contributed by atoms with E-state index in [0.717, 1.165) is 24.3 Å². The first kappa shape index (κ1) is 20.0. The van der Waals surface area contributed by atoms with Gasteiger partial charge in [0.2, 0.25) is 17.6 Å². The number of hydrogen-bond acceptors (Lipinski definition) is 9. The smallest absolute Gasteiger partial charge is 0.258 e. The van der Waals surface area contributed by atoms with Crippen molar-refractivity contribution >= 4 is 33.5 Å². The van der Waals surface area contributed by atoms with Crippen molar-refractivity contribution in [2.24, 2.45) is 0 Å². The highest BCUT2D eigenvalue weighted by Gasteiger charge is 2.22. The Balaban J connectivity index is 1.11. The maximum absolute atomic E-state index is 12.6. The van der Waals surface area contributed by atoms with Gasteiger partial charge in [-0.3, -0.25) is 18.9 Å². The summed E-state index contributed by atoms with van der Waals surface area (Å²) in [5.74, 6) is 1.13. The van der Waals surface area contributed by atoms with E-state index in [1.54, 1.807) is 28.0 Å². The predicted molar refractivity (Wildman–Crippen MR) is 117 cm³/mol. The molecule has 0 saturated carbocycles. The first-order valence-electron chi connectivity index (χ1n) is 9.97. The second kappa shape index (κ2) is 8.69. The molecule has 1 amide bonds. The first-order chi connectivity index (χ1) is 15.2. The van der Waals surface area contributed by atoms with E-state index in [9.17, 15) is 9.59 Å². The average molecular weight is 457 g/mol. The Morgan fingerprint density at radius 1 is 1.16 bits per heavy atom. The van der Waals surface area contributed by atoms with Gasteiger partial charge in [-0.15, -0.1) is 11.3 Å². The molecule has 0 N–H and O–H groups in total. The van der Waals surface area contributed by atoms with Gasteiger partial charge >= 0.3 is 0 Å². The lowest BCUT2D eigenvalue weighted by atomic mass is 10.2. The zero-order chi connectivity index (χ0) is 21.2. The predicted octanol–water partition coefficient (Wildman–Crippen LogP) is 2.14. The van der Waals surface area contributed by atoms with Crippen LogP contribution in [0.3, 0.4) is 0 Å². The molecule has 1 fully saturated rings. The van der Waals surface area contributed by atoms with Gasteiger partial charge in [0.15, 0.2) is 4.96 Å². The molecular weight excluding hydrogens is 436 g/mol. The minimum Gasteiger partial charge on any atom is -0.340 e. The highest BCUT2D eigenvalue weighted by atomic mass is 32.1. The number of amides is 1. The minimum atomic E-state index is -0.0572. The van der Waals surface area contributed by atoms with Gasteiger partial charge in [-0.05, 0) is 11.4 Å². The van der Waals surface area contributed by atoms with Gasteiger partial charge in [0.1, 0.15) is 0 Å². The molecule has 5 heterocycles. The summed E-state index contributed by atoms with van der Waals surface area (Å²) >= 11 is 3.03. The van der Waals surface area contributed by atoms with Gasteiger partial charge in [-0.25, -0.2) is 4.98 Å². The van der Waals surface area contributed by atoms with Gasteiger partial charge in [-0.2, -0.15) is 16.3 Å². The molecule has 4 aromatic rings. The summed E-state index contributed by atoms with van der Waals surface area (Å²) < 4.78 is 6.83. The summed E-state index contributed by atoms with van der Waals surface area (Å²) in [6.07, 6.45) is 2.52. The number of aromatic nitrogens is 4. The number of carbonyl (C=O) groups excluding carboxylic acids is 1. The summed E-state index contributed by atoms with van der Waals surface area (Å²) in [4.78, 5) is 38.5. The average Bonchev–Trinajstić information content (AvgIpc) is 3.53. The number of thiophene rings is 1. The van der Waals surface area contributed by atoms with Crippen LogP contribution in [-0.4, -0.2) is 61.4 Å². The van der Waals surface area contributed by atoms with Gasteiger partial charge < -0.3 is 9.42 Å². The van der Waals surface area contributed by atoms with Crippen LogP contribution in [-0.2, 0) is 17.8 Å². The third-order valence-corrected chi connectivity index (χ3v) is 6.71. The van der Waals surface area contributed by atoms with Crippen molar-refractivity contribution in [1.82, 2.24) is 29.3 Å². The van der Waals surface area contributed by atoms with Crippen LogP contribution in [0.1, 0.15) is 18.0 Å². The molecule has 4 aromatic heterocycles. The van der Waals surface area contributed by atoms with Crippen molar-refractivity contribution in [3.63, 3.8) is 0 Å². The molecule has 5 rings (SSSR count). The van der Waals surface area contributed by atoms with E-state index < -0.39 is 0 Å². The fraction of sp³-hybridized carbons (Fsp3) is 0.350. The number of rotatable bonds is 6. The lowest BCUT2D eigenvalue weighted by molar-refractivity contribution is -0.133. The third-order valence-electron chi connectivity index (χ3n) is 5.27. The van der Waals surface area contributed by atoms with Crippen molar-refractivity contribution in [3.05, 3.63) is 56.4 Å². The van der Waals surface area contributed by atoms with E-state index >= 15 is 0 Å². The van der Waals surface area contributed by atoms with E-state index in [4.69, 9.17) is 4.52 Å². The molecule has 0 aromatic carbocycles. The quantitative estimate of drug-likeness (QED) is 0.438. The zero-order valence-corrected chi connectivity index (χ0v) is 18.3. The molecule has 1 saturated heterocycles. The second-order valence-corrected chi connectivity index (χ2v) is 8.98. The fourth-order valence-electron chi connectivity index (χ4n) is 3.59. The molecule has 0 radical (unpaired) electrons. The lowest BCUT2D eigenvalue weighted by Gasteiger charge is -2.34. The van der Waals surface area contributed by atoms with E-state index in [-0.39, 0.29) is 11.5 Å². The van der Waals surface area contributed by atoms with Crippen molar-refractivity contribution in [3.8, 4) is 11.4 Å². The molecule has 11 heteroatoms.